The molecule has 0 spiro atoms. The zero-order chi connectivity index (χ0) is 15.2. The van der Waals surface area contributed by atoms with Crippen molar-refractivity contribution in [3.63, 3.8) is 0 Å². The molecule has 0 saturated heterocycles. The molecule has 0 saturated carbocycles. The van der Waals surface area contributed by atoms with Gasteiger partial charge in [0.2, 0.25) is 0 Å². The molecule has 0 aliphatic rings. The number of furan rings is 1. The number of anilines is 1. The van der Waals surface area contributed by atoms with E-state index in [0.29, 0.717) is 5.92 Å². The Kier molecular flexibility index (Phi) is 5.39. The van der Waals surface area contributed by atoms with Gasteiger partial charge in [-0.3, -0.25) is 4.98 Å². The second-order valence-electron chi connectivity index (χ2n) is 5.90. The maximum absolute atomic E-state index is 5.65. The Morgan fingerprint density at radius 3 is 2.76 bits per heavy atom. The molecule has 2 heterocycles. The smallest absolute Gasteiger partial charge is 0.123 e. The van der Waals surface area contributed by atoms with Crippen LogP contribution in [-0.4, -0.2) is 18.6 Å². The highest BCUT2D eigenvalue weighted by Crippen LogP contribution is 2.20. The van der Waals surface area contributed by atoms with Crippen LogP contribution >= 0.6 is 0 Å². The topological polar surface area (TPSA) is 41.3 Å². The highest BCUT2D eigenvalue weighted by molar-refractivity contribution is 5.51. The van der Waals surface area contributed by atoms with Crippen molar-refractivity contribution in [1.29, 1.82) is 0 Å². The first kappa shape index (κ1) is 15.6. The van der Waals surface area contributed by atoms with Gasteiger partial charge in [0, 0.05) is 19.8 Å². The monoisotopic (exact) mass is 287 g/mol. The number of aromatic nitrogens is 1. The maximum Gasteiger partial charge on any atom is 0.123 e. The Balaban J connectivity index is 2.04. The summed E-state index contributed by atoms with van der Waals surface area (Å²) >= 11 is 0. The van der Waals surface area contributed by atoms with Gasteiger partial charge in [0.15, 0.2) is 0 Å². The summed E-state index contributed by atoms with van der Waals surface area (Å²) in [6.07, 6.45) is 3.77. The average molecular weight is 287 g/mol. The summed E-state index contributed by atoms with van der Waals surface area (Å²) in [6, 6.07) is 6.10. The van der Waals surface area contributed by atoms with Crippen LogP contribution in [0.15, 0.2) is 35.0 Å². The fraction of sp³-hybridized carbons (Fsp3) is 0.471. The van der Waals surface area contributed by atoms with Gasteiger partial charge < -0.3 is 14.6 Å². The van der Waals surface area contributed by atoms with Crippen LogP contribution in [0.5, 0.6) is 0 Å². The molecule has 4 nitrogen and oxygen atoms in total. The lowest BCUT2D eigenvalue weighted by molar-refractivity contribution is 0.481. The van der Waals surface area contributed by atoms with Gasteiger partial charge >= 0.3 is 0 Å². The first-order valence-electron chi connectivity index (χ1n) is 7.46. The van der Waals surface area contributed by atoms with Crippen molar-refractivity contribution in [1.82, 2.24) is 10.3 Å². The molecule has 4 heteroatoms. The Morgan fingerprint density at radius 1 is 1.29 bits per heavy atom. The number of hydrogen-bond donors (Lipinski definition) is 1. The molecule has 0 aliphatic carbocycles. The van der Waals surface area contributed by atoms with Crippen LogP contribution in [0.1, 0.15) is 30.9 Å². The van der Waals surface area contributed by atoms with E-state index in [2.05, 4.69) is 42.2 Å². The number of pyridine rings is 1. The number of nitrogens with zero attached hydrogens (tertiary/aromatic N) is 2. The van der Waals surface area contributed by atoms with Gasteiger partial charge in [0.1, 0.15) is 11.5 Å². The third-order valence-corrected chi connectivity index (χ3v) is 3.36. The lowest BCUT2D eigenvalue weighted by Gasteiger charge is -2.21. The standard InChI is InChI=1S/C17H25N3O/c1-13(2)9-19-10-15-7-8-18-11-17(15)20(4)12-16-6-5-14(3)21-16/h5-8,11,13,19H,9-10,12H2,1-4H3. The molecule has 2 rings (SSSR count). The quantitative estimate of drug-likeness (QED) is 0.848. The SMILES string of the molecule is Cc1ccc(CN(C)c2cnccc2CNCC(C)C)o1. The summed E-state index contributed by atoms with van der Waals surface area (Å²) in [5.74, 6) is 2.57. The second kappa shape index (κ2) is 7.27. The van der Waals surface area contributed by atoms with Crippen LogP contribution in [0.3, 0.4) is 0 Å². The molecule has 2 aromatic rings. The zero-order valence-corrected chi connectivity index (χ0v) is 13.4. The number of aryl methyl sites for hydroxylation is 1. The van der Waals surface area contributed by atoms with Gasteiger partial charge in [-0.2, -0.15) is 0 Å². The lowest BCUT2D eigenvalue weighted by atomic mass is 10.2. The predicted octanol–water partition coefficient (Wildman–Crippen LogP) is 3.37. The second-order valence-corrected chi connectivity index (χ2v) is 5.90. The third-order valence-electron chi connectivity index (χ3n) is 3.36. The van der Waals surface area contributed by atoms with Crippen LogP contribution in [0.25, 0.3) is 0 Å². The molecule has 21 heavy (non-hydrogen) atoms. The Hall–Kier alpha value is -1.81. The minimum absolute atomic E-state index is 0.652. The molecule has 0 unspecified atom stereocenters. The predicted molar refractivity (Wildman–Crippen MR) is 86.3 cm³/mol. The van der Waals surface area contributed by atoms with Crippen molar-refractivity contribution in [2.24, 2.45) is 5.92 Å². The van der Waals surface area contributed by atoms with E-state index in [0.717, 1.165) is 36.8 Å². The molecule has 0 aromatic carbocycles. The van der Waals surface area contributed by atoms with E-state index >= 15 is 0 Å². The fourth-order valence-electron chi connectivity index (χ4n) is 2.29. The first-order chi connectivity index (χ1) is 10.1. The Bertz CT molecular complexity index is 563. The molecule has 0 bridgehead atoms. The van der Waals surface area contributed by atoms with Crippen molar-refractivity contribution in [2.45, 2.75) is 33.9 Å². The van der Waals surface area contributed by atoms with Crippen molar-refractivity contribution >= 4 is 5.69 Å². The normalized spacial score (nSPS) is 11.1. The van der Waals surface area contributed by atoms with E-state index in [1.54, 1.807) is 0 Å². The molecule has 0 atom stereocenters. The average Bonchev–Trinajstić information content (AvgIpc) is 2.84. The van der Waals surface area contributed by atoms with Gasteiger partial charge in [-0.05, 0) is 43.1 Å². The van der Waals surface area contributed by atoms with Gasteiger partial charge in [-0.1, -0.05) is 13.8 Å². The molecule has 0 aliphatic heterocycles. The van der Waals surface area contributed by atoms with Crippen LogP contribution in [0.2, 0.25) is 0 Å². The summed E-state index contributed by atoms with van der Waals surface area (Å²) in [5, 5.41) is 3.49. The van der Waals surface area contributed by atoms with Crippen molar-refractivity contribution in [2.75, 3.05) is 18.5 Å². The van der Waals surface area contributed by atoms with Gasteiger partial charge in [0.25, 0.3) is 0 Å². The van der Waals surface area contributed by atoms with Crippen LogP contribution in [0, 0.1) is 12.8 Å². The van der Waals surface area contributed by atoms with E-state index in [-0.39, 0.29) is 0 Å². The van der Waals surface area contributed by atoms with Gasteiger partial charge in [-0.25, -0.2) is 0 Å². The van der Waals surface area contributed by atoms with Crippen molar-refractivity contribution in [3.05, 3.63) is 47.7 Å². The largest absolute Gasteiger partial charge is 0.464 e. The summed E-state index contributed by atoms with van der Waals surface area (Å²) in [4.78, 5) is 6.43. The van der Waals surface area contributed by atoms with Gasteiger partial charge in [0.05, 0.1) is 18.4 Å². The van der Waals surface area contributed by atoms with E-state index in [1.807, 2.05) is 31.5 Å². The number of hydrogen-bond acceptors (Lipinski definition) is 4. The molecule has 1 N–H and O–H groups in total. The summed E-state index contributed by atoms with van der Waals surface area (Å²) in [7, 11) is 2.07. The molecule has 0 fully saturated rings. The molecular formula is C17H25N3O. The van der Waals surface area contributed by atoms with Crippen LogP contribution in [0.4, 0.5) is 5.69 Å². The fourth-order valence-corrected chi connectivity index (χ4v) is 2.29. The number of rotatable bonds is 7. The molecule has 2 aromatic heterocycles. The Labute approximate surface area is 127 Å². The lowest BCUT2D eigenvalue weighted by Crippen LogP contribution is -2.23. The highest BCUT2D eigenvalue weighted by atomic mass is 16.3. The first-order valence-corrected chi connectivity index (χ1v) is 7.46. The minimum Gasteiger partial charge on any atom is -0.464 e. The minimum atomic E-state index is 0.652. The molecule has 0 radical (unpaired) electrons. The van der Waals surface area contributed by atoms with E-state index in [1.165, 1.54) is 5.56 Å². The third kappa shape index (κ3) is 4.60. The van der Waals surface area contributed by atoms with E-state index < -0.39 is 0 Å². The summed E-state index contributed by atoms with van der Waals surface area (Å²) in [5.41, 5.74) is 2.40. The van der Waals surface area contributed by atoms with Crippen LogP contribution < -0.4 is 10.2 Å². The van der Waals surface area contributed by atoms with Gasteiger partial charge in [-0.15, -0.1) is 0 Å². The molecular weight excluding hydrogens is 262 g/mol. The Morgan fingerprint density at radius 2 is 2.10 bits per heavy atom. The van der Waals surface area contributed by atoms with E-state index in [9.17, 15) is 0 Å². The highest BCUT2D eigenvalue weighted by Gasteiger charge is 2.10. The van der Waals surface area contributed by atoms with Crippen LogP contribution in [-0.2, 0) is 13.1 Å². The molecule has 114 valence electrons. The summed E-state index contributed by atoms with van der Waals surface area (Å²) < 4.78 is 5.65. The van der Waals surface area contributed by atoms with Crippen molar-refractivity contribution < 1.29 is 4.42 Å². The summed E-state index contributed by atoms with van der Waals surface area (Å²) in [6.45, 7) is 9.02. The zero-order valence-electron chi connectivity index (χ0n) is 13.4. The molecule has 0 amide bonds. The van der Waals surface area contributed by atoms with Crippen molar-refractivity contribution in [3.8, 4) is 0 Å². The van der Waals surface area contributed by atoms with E-state index in [4.69, 9.17) is 4.42 Å². The number of nitrogens with one attached hydrogen (secondary N) is 1. The maximum atomic E-state index is 5.65.